The van der Waals surface area contributed by atoms with E-state index in [0.29, 0.717) is 16.2 Å². The first-order valence-corrected chi connectivity index (χ1v) is 8.02. The zero-order chi connectivity index (χ0) is 12.7. The molecule has 3 atom stereocenters. The number of hydrogen-bond acceptors (Lipinski definition) is 3. The third-order valence-electron chi connectivity index (χ3n) is 5.06. The molecule has 2 fully saturated rings. The Morgan fingerprint density at radius 2 is 2.12 bits per heavy atom. The van der Waals surface area contributed by atoms with Gasteiger partial charge >= 0.3 is 0 Å². The van der Waals surface area contributed by atoms with Gasteiger partial charge < -0.3 is 5.73 Å². The number of hydrogen-bond donors (Lipinski definition) is 1. The van der Waals surface area contributed by atoms with Gasteiger partial charge in [0.15, 0.2) is 0 Å². The fourth-order valence-corrected chi connectivity index (χ4v) is 4.95. The van der Waals surface area contributed by atoms with Crippen molar-refractivity contribution in [3.05, 3.63) is 0 Å². The van der Waals surface area contributed by atoms with Crippen LogP contribution in [0.15, 0.2) is 0 Å². The van der Waals surface area contributed by atoms with Crippen molar-refractivity contribution >= 4 is 11.8 Å². The van der Waals surface area contributed by atoms with E-state index in [-0.39, 0.29) is 0 Å². The number of likely N-dealkylation sites (tertiary alicyclic amines) is 1. The average Bonchev–Trinajstić information content (AvgIpc) is 2.83. The molecule has 2 heterocycles. The molecular formula is C14H28N2S. The molecule has 0 bridgehead atoms. The van der Waals surface area contributed by atoms with Crippen molar-refractivity contribution in [1.29, 1.82) is 0 Å². The Labute approximate surface area is 111 Å². The highest BCUT2D eigenvalue weighted by Gasteiger charge is 2.48. The highest BCUT2D eigenvalue weighted by Crippen LogP contribution is 2.44. The SMILES string of the molecule is CC1SCCC1(CN)N1CCC(C(C)(C)C)C1. The smallest absolute Gasteiger partial charge is 0.0455 e. The lowest BCUT2D eigenvalue weighted by molar-refractivity contribution is 0.111. The number of rotatable bonds is 2. The van der Waals surface area contributed by atoms with Gasteiger partial charge in [0.1, 0.15) is 0 Å². The summed E-state index contributed by atoms with van der Waals surface area (Å²) in [5.74, 6) is 2.12. The maximum Gasteiger partial charge on any atom is 0.0455 e. The van der Waals surface area contributed by atoms with Gasteiger partial charge in [0.25, 0.3) is 0 Å². The van der Waals surface area contributed by atoms with E-state index in [2.05, 4.69) is 44.4 Å². The van der Waals surface area contributed by atoms with E-state index < -0.39 is 0 Å². The standard InChI is InChI=1S/C14H28N2S/c1-11-14(10-15,6-8-17-11)16-7-5-12(9-16)13(2,3)4/h11-12H,5-10,15H2,1-4H3. The van der Waals surface area contributed by atoms with Gasteiger partial charge in [-0.25, -0.2) is 0 Å². The molecular weight excluding hydrogens is 228 g/mol. The van der Waals surface area contributed by atoms with Crippen LogP contribution in [0.25, 0.3) is 0 Å². The first kappa shape index (κ1) is 13.7. The quantitative estimate of drug-likeness (QED) is 0.823. The maximum absolute atomic E-state index is 6.14. The minimum Gasteiger partial charge on any atom is -0.329 e. The molecule has 2 N–H and O–H groups in total. The first-order valence-electron chi connectivity index (χ1n) is 6.97. The largest absolute Gasteiger partial charge is 0.329 e. The summed E-state index contributed by atoms with van der Waals surface area (Å²) >= 11 is 2.10. The topological polar surface area (TPSA) is 29.3 Å². The van der Waals surface area contributed by atoms with Crippen LogP contribution in [0, 0.1) is 11.3 Å². The van der Waals surface area contributed by atoms with Crippen LogP contribution in [-0.2, 0) is 0 Å². The molecule has 3 unspecified atom stereocenters. The summed E-state index contributed by atoms with van der Waals surface area (Å²) < 4.78 is 0. The predicted octanol–water partition coefficient (Wildman–Crippen LogP) is 2.58. The second kappa shape index (κ2) is 4.75. The zero-order valence-electron chi connectivity index (χ0n) is 11.8. The van der Waals surface area contributed by atoms with Crippen LogP contribution in [0.4, 0.5) is 0 Å². The molecule has 100 valence electrons. The molecule has 0 aromatic carbocycles. The number of nitrogens with zero attached hydrogens (tertiary/aromatic N) is 1. The summed E-state index contributed by atoms with van der Waals surface area (Å²) in [7, 11) is 0. The van der Waals surface area contributed by atoms with E-state index in [1.807, 2.05) is 0 Å². The lowest BCUT2D eigenvalue weighted by atomic mass is 9.80. The molecule has 0 aromatic rings. The van der Waals surface area contributed by atoms with Crippen LogP contribution in [0.1, 0.15) is 40.5 Å². The van der Waals surface area contributed by atoms with Crippen molar-refractivity contribution in [2.45, 2.75) is 51.3 Å². The molecule has 0 aromatic heterocycles. The molecule has 2 nitrogen and oxygen atoms in total. The van der Waals surface area contributed by atoms with Crippen molar-refractivity contribution in [2.75, 3.05) is 25.4 Å². The van der Waals surface area contributed by atoms with Crippen LogP contribution in [0.5, 0.6) is 0 Å². The van der Waals surface area contributed by atoms with Gasteiger partial charge in [-0.05, 0) is 36.5 Å². The Balaban J connectivity index is 2.09. The third-order valence-corrected chi connectivity index (χ3v) is 6.43. The van der Waals surface area contributed by atoms with Gasteiger partial charge in [0.05, 0.1) is 0 Å². The average molecular weight is 256 g/mol. The van der Waals surface area contributed by atoms with Gasteiger partial charge in [-0.3, -0.25) is 4.90 Å². The van der Waals surface area contributed by atoms with Gasteiger partial charge in [0, 0.05) is 23.9 Å². The minimum absolute atomic E-state index is 0.296. The van der Waals surface area contributed by atoms with E-state index in [1.165, 1.54) is 31.7 Å². The van der Waals surface area contributed by atoms with Crippen LogP contribution < -0.4 is 5.73 Å². The summed E-state index contributed by atoms with van der Waals surface area (Å²) in [6.07, 6.45) is 2.63. The third kappa shape index (κ3) is 2.39. The fourth-order valence-electron chi connectivity index (χ4n) is 3.45. The predicted molar refractivity (Wildman–Crippen MR) is 77.5 cm³/mol. The Hall–Kier alpha value is 0.270. The normalized spacial score (nSPS) is 40.1. The summed E-state index contributed by atoms with van der Waals surface area (Å²) in [6, 6.07) is 0. The molecule has 0 saturated carbocycles. The Morgan fingerprint density at radius 1 is 1.41 bits per heavy atom. The molecule has 2 aliphatic rings. The minimum atomic E-state index is 0.296. The second-order valence-corrected chi connectivity index (χ2v) is 8.32. The van der Waals surface area contributed by atoms with Crippen molar-refractivity contribution in [2.24, 2.45) is 17.1 Å². The van der Waals surface area contributed by atoms with Crippen molar-refractivity contribution < 1.29 is 0 Å². The van der Waals surface area contributed by atoms with E-state index in [9.17, 15) is 0 Å². The van der Waals surface area contributed by atoms with Gasteiger partial charge in [-0.2, -0.15) is 11.8 Å². The molecule has 0 radical (unpaired) electrons. The molecule has 0 spiro atoms. The summed E-state index contributed by atoms with van der Waals surface area (Å²) in [6.45, 7) is 12.8. The lowest BCUT2D eigenvalue weighted by Crippen LogP contribution is -2.56. The Bertz CT molecular complexity index is 274. The first-order chi connectivity index (χ1) is 7.90. The summed E-state index contributed by atoms with van der Waals surface area (Å²) in [4.78, 5) is 2.72. The highest BCUT2D eigenvalue weighted by atomic mass is 32.2. The second-order valence-electron chi connectivity index (χ2n) is 6.87. The maximum atomic E-state index is 6.14. The summed E-state index contributed by atoms with van der Waals surface area (Å²) in [5, 5.41) is 0.700. The van der Waals surface area contributed by atoms with E-state index in [4.69, 9.17) is 5.73 Å². The number of nitrogens with two attached hydrogens (primary N) is 1. The van der Waals surface area contributed by atoms with Crippen molar-refractivity contribution in [1.82, 2.24) is 4.90 Å². The highest BCUT2D eigenvalue weighted by molar-refractivity contribution is 8.00. The molecule has 0 aliphatic carbocycles. The monoisotopic (exact) mass is 256 g/mol. The Morgan fingerprint density at radius 3 is 2.53 bits per heavy atom. The lowest BCUT2D eigenvalue weighted by Gasteiger charge is -2.41. The van der Waals surface area contributed by atoms with Crippen LogP contribution >= 0.6 is 11.8 Å². The van der Waals surface area contributed by atoms with Crippen LogP contribution in [0.2, 0.25) is 0 Å². The van der Waals surface area contributed by atoms with Crippen molar-refractivity contribution in [3.8, 4) is 0 Å². The number of thioether (sulfide) groups is 1. The van der Waals surface area contributed by atoms with Crippen LogP contribution in [0.3, 0.4) is 0 Å². The molecule has 0 amide bonds. The zero-order valence-corrected chi connectivity index (χ0v) is 12.6. The van der Waals surface area contributed by atoms with Crippen LogP contribution in [-0.4, -0.2) is 41.1 Å². The van der Waals surface area contributed by atoms with E-state index >= 15 is 0 Å². The fraction of sp³-hybridized carbons (Fsp3) is 1.00. The van der Waals surface area contributed by atoms with Gasteiger partial charge in [0.2, 0.25) is 0 Å². The van der Waals surface area contributed by atoms with Gasteiger partial charge in [-0.15, -0.1) is 0 Å². The molecule has 2 aliphatic heterocycles. The molecule has 2 rings (SSSR count). The Kier molecular flexibility index (Phi) is 3.82. The van der Waals surface area contributed by atoms with Crippen molar-refractivity contribution in [3.63, 3.8) is 0 Å². The summed E-state index contributed by atoms with van der Waals surface area (Å²) in [5.41, 5.74) is 6.88. The van der Waals surface area contributed by atoms with E-state index in [0.717, 1.165) is 12.5 Å². The molecule has 17 heavy (non-hydrogen) atoms. The molecule has 3 heteroatoms. The molecule has 2 saturated heterocycles. The van der Waals surface area contributed by atoms with Gasteiger partial charge in [-0.1, -0.05) is 27.7 Å². The van der Waals surface area contributed by atoms with E-state index in [1.54, 1.807) is 0 Å².